The summed E-state index contributed by atoms with van der Waals surface area (Å²) in [5, 5.41) is 8.90. The predicted octanol–water partition coefficient (Wildman–Crippen LogP) is 35.1. The molecule has 8 aromatic heterocycles. The van der Waals surface area contributed by atoms with Crippen LogP contribution in [0.15, 0.2) is 315 Å². The fourth-order valence-electron chi connectivity index (χ4n) is 16.5. The SMILES string of the molecule is COOC.Cc1ccccc1-c1ccc2ccc3ccc(-c4c(C)cccc4C)nc3c2n1.Cc1ccccc1-c1ccc2ccc3ccc(-c4c(C)cccc4C)nc3c2n1.Cc1ccccc1-c1ccc2ccc3ccc(-c4c(C)cccc4C)nc3c2n1.Cc1ccccc1-c1ccc2ccc3ccc(-c4c(C)cccc4C)nc3c2n1.F[P-](F)(F)(F)(F)F.F[P-](F)(F)(F)(F)F.[C-]#[O+].[Cu+].[Cu+]. The van der Waals surface area contributed by atoms with Crippen LogP contribution in [0.25, 0.3) is 177 Å². The van der Waals surface area contributed by atoms with Crippen molar-refractivity contribution in [3.63, 3.8) is 0 Å². The van der Waals surface area contributed by atoms with Crippen LogP contribution in [0.3, 0.4) is 0 Å². The van der Waals surface area contributed by atoms with Gasteiger partial charge in [0, 0.05) is 87.6 Å². The molecule has 0 unspecified atom stereocenters. The minimum Gasteiger partial charge on any atom is 1.00 e. The van der Waals surface area contributed by atoms with Crippen molar-refractivity contribution >= 4 is 103 Å². The van der Waals surface area contributed by atoms with Crippen LogP contribution in [-0.2, 0) is 48.6 Å². The van der Waals surface area contributed by atoms with E-state index < -0.39 is 15.6 Å². The van der Waals surface area contributed by atoms with E-state index in [1.165, 1.54) is 103 Å². The molecule has 0 saturated carbocycles. The van der Waals surface area contributed by atoms with Crippen LogP contribution in [0.2, 0.25) is 0 Å². The molecule has 712 valence electrons. The van der Waals surface area contributed by atoms with E-state index in [0.29, 0.717) is 0 Å². The molecule has 8 heterocycles. The van der Waals surface area contributed by atoms with Crippen molar-refractivity contribution in [3.8, 4) is 90.1 Å². The molecule has 20 aromatic rings. The maximum atomic E-state index is 9.87. The van der Waals surface area contributed by atoms with Gasteiger partial charge in [0.1, 0.15) is 0 Å². The number of benzene rings is 12. The zero-order valence-corrected chi connectivity index (χ0v) is 81.0. The van der Waals surface area contributed by atoms with Crippen LogP contribution in [0, 0.1) is 89.7 Å². The van der Waals surface area contributed by atoms with Gasteiger partial charge >= 0.3 is 111 Å². The number of nitrogens with zero attached hydrogens (tertiary/aromatic N) is 8. The molecule has 0 atom stereocenters. The molecule has 0 saturated heterocycles. The van der Waals surface area contributed by atoms with Crippen LogP contribution in [0.5, 0.6) is 0 Å². The topological polar surface area (TPSA) is 141 Å². The standard InChI is InChI=1S/4C27H22N2.C2H6O2.CO.2Cu.2F6P/c4*1-17-7-4-5-10-22(17)23-15-13-20-11-12-21-14-16-24(29-27(21)26(20)28-23)25-18(2)8-6-9-19(25)3;1-3-4-2;1-2;;;2*1-7(2,3,4,5)6/h4*4-16H,1-3H3;1-2H3;;;;;/q;;;;;;2*+1;2*-1. The van der Waals surface area contributed by atoms with Crippen molar-refractivity contribution in [2.45, 2.75) is 83.1 Å². The molecule has 0 amide bonds. The Morgan fingerprint density at radius 2 is 0.297 bits per heavy atom. The van der Waals surface area contributed by atoms with E-state index >= 15 is 0 Å². The maximum absolute atomic E-state index is 10.7. The number of hydrogen-bond acceptors (Lipinski definition) is 10. The van der Waals surface area contributed by atoms with Gasteiger partial charge in [-0.25, -0.2) is 49.6 Å². The molecule has 138 heavy (non-hydrogen) atoms. The second-order valence-electron chi connectivity index (χ2n) is 33.0. The van der Waals surface area contributed by atoms with Crippen molar-refractivity contribution < 1.29 is 98.9 Å². The summed E-state index contributed by atoms with van der Waals surface area (Å²) in [5.74, 6) is 0. The zero-order chi connectivity index (χ0) is 98.1. The van der Waals surface area contributed by atoms with Gasteiger partial charge in [-0.05, 0) is 198 Å². The molecule has 11 nitrogen and oxygen atoms in total. The van der Waals surface area contributed by atoms with Gasteiger partial charge < -0.3 is 0 Å². The summed E-state index contributed by atoms with van der Waals surface area (Å²) >= 11 is 0. The van der Waals surface area contributed by atoms with Gasteiger partial charge in [0.25, 0.3) is 0 Å². The summed E-state index contributed by atoms with van der Waals surface area (Å²) in [4.78, 5) is 48.6. The quantitative estimate of drug-likeness (QED) is 0.0200. The first-order chi connectivity index (χ1) is 64.3. The third-order valence-corrected chi connectivity index (χ3v) is 22.9. The summed E-state index contributed by atoms with van der Waals surface area (Å²) in [7, 11) is -18.4. The van der Waals surface area contributed by atoms with Crippen molar-refractivity contribution in [3.05, 3.63) is 389 Å². The first-order valence-corrected chi connectivity index (χ1v) is 47.1. The summed E-state index contributed by atoms with van der Waals surface area (Å²) in [6.45, 7) is 30.2. The van der Waals surface area contributed by atoms with E-state index in [1.807, 2.05) is 0 Å². The molecule has 0 bridgehead atoms. The van der Waals surface area contributed by atoms with Crippen molar-refractivity contribution in [1.29, 1.82) is 0 Å². The number of rotatable bonds is 9. The predicted molar refractivity (Wildman–Crippen MR) is 534 cm³/mol. The third kappa shape index (κ3) is 26.9. The normalized spacial score (nSPS) is 12.1. The van der Waals surface area contributed by atoms with Gasteiger partial charge in [-0.1, -0.05) is 267 Å². The van der Waals surface area contributed by atoms with Crippen LogP contribution < -0.4 is 0 Å². The molecule has 0 aliphatic rings. The number of aryl methyl sites for hydroxylation is 12. The van der Waals surface area contributed by atoms with E-state index in [1.54, 1.807) is 0 Å². The van der Waals surface area contributed by atoms with E-state index in [4.69, 9.17) is 44.5 Å². The third-order valence-electron chi connectivity index (χ3n) is 22.9. The Balaban J connectivity index is 0.000000164. The van der Waals surface area contributed by atoms with Gasteiger partial charge in [-0.3, -0.25) is 0 Å². The van der Waals surface area contributed by atoms with Gasteiger partial charge in [0.05, 0.1) is 104 Å². The molecule has 20 rings (SSSR count). The summed E-state index contributed by atoms with van der Waals surface area (Å²) in [6, 6.07) is 110. The van der Waals surface area contributed by atoms with Crippen molar-refractivity contribution in [2.24, 2.45) is 0 Å². The number of pyridine rings is 8. The molecule has 0 radical (unpaired) electrons. The van der Waals surface area contributed by atoms with E-state index in [2.05, 4.69) is 415 Å². The number of halogens is 12. The van der Waals surface area contributed by atoms with Crippen LogP contribution in [-0.4, -0.2) is 54.1 Å². The molecular formula is C111H94Cu2F12N8O3P2. The Kier molecular flexibility index (Phi) is 31.9. The summed E-state index contributed by atoms with van der Waals surface area (Å²) in [6.07, 6.45) is 0. The molecule has 27 heteroatoms. The zero-order valence-electron chi connectivity index (χ0n) is 77.4. The van der Waals surface area contributed by atoms with Crippen LogP contribution in [0.1, 0.15) is 66.8 Å². The van der Waals surface area contributed by atoms with E-state index in [-0.39, 0.29) is 34.1 Å². The molecular weight excluding hydrogens is 1910 g/mol. The largest absolute Gasteiger partial charge is 1.00 e. The first kappa shape index (κ1) is 105. The minimum atomic E-state index is -10.7. The molecule has 0 aliphatic carbocycles. The Hall–Kier alpha value is -13.4. The maximum Gasteiger partial charge on any atom is 1.00 e. The Labute approximate surface area is 812 Å². The Bertz CT molecular complexity index is 6990. The second kappa shape index (κ2) is 41.9. The fourth-order valence-corrected chi connectivity index (χ4v) is 16.5. The van der Waals surface area contributed by atoms with Gasteiger partial charge in [-0.2, -0.15) is 0 Å². The number of hydrogen-bond donors (Lipinski definition) is 0. The monoisotopic (exact) mass is 2000 g/mol. The molecule has 0 N–H and O–H groups in total. The summed E-state index contributed by atoms with van der Waals surface area (Å²) in [5.41, 5.74) is 39.9. The van der Waals surface area contributed by atoms with Gasteiger partial charge in [0.15, 0.2) is 0 Å². The average Bonchev–Trinajstić information content (AvgIpc) is 0.761. The Morgan fingerprint density at radius 1 is 0.181 bits per heavy atom. The van der Waals surface area contributed by atoms with Crippen LogP contribution in [0.4, 0.5) is 50.4 Å². The number of aromatic nitrogens is 8. The van der Waals surface area contributed by atoms with Crippen molar-refractivity contribution in [2.75, 3.05) is 14.2 Å². The summed E-state index contributed by atoms with van der Waals surface area (Å²) < 4.78 is 126. The molecule has 0 aliphatic heterocycles. The first-order valence-electron chi connectivity index (χ1n) is 43.0. The Morgan fingerprint density at radius 3 is 0.435 bits per heavy atom. The molecule has 0 fully saturated rings. The minimum absolute atomic E-state index is 0. The molecule has 0 spiro atoms. The van der Waals surface area contributed by atoms with Crippen molar-refractivity contribution in [1.82, 2.24) is 39.9 Å². The fraction of sp³-hybridized carbons (Fsp3) is 0.126. The molecule has 12 aromatic carbocycles. The second-order valence-corrected chi connectivity index (χ2v) is 36.8. The van der Waals surface area contributed by atoms with Gasteiger partial charge in [-0.15, -0.1) is 0 Å². The number of fused-ring (bicyclic) bond motifs is 12. The smallest absolute Gasteiger partial charge is 1.00 e. The van der Waals surface area contributed by atoms with E-state index in [0.717, 1.165) is 155 Å². The van der Waals surface area contributed by atoms with Gasteiger partial charge in [0.2, 0.25) is 0 Å². The van der Waals surface area contributed by atoms with E-state index in [9.17, 15) is 50.4 Å². The van der Waals surface area contributed by atoms with Crippen LogP contribution >= 0.6 is 15.6 Å². The average molecular weight is 2010 g/mol.